The minimum absolute atomic E-state index is 0.0392. The lowest BCUT2D eigenvalue weighted by molar-refractivity contribution is -0.130. The summed E-state index contributed by atoms with van der Waals surface area (Å²) in [5.74, 6) is -0.156. The van der Waals surface area contributed by atoms with Gasteiger partial charge in [-0.3, -0.25) is 4.79 Å². The molecule has 26 heavy (non-hydrogen) atoms. The lowest BCUT2D eigenvalue weighted by Gasteiger charge is -2.36. The van der Waals surface area contributed by atoms with Gasteiger partial charge in [-0.2, -0.15) is 0 Å². The number of benzene rings is 2. The lowest BCUT2D eigenvalue weighted by Crippen LogP contribution is -2.51. The number of nitrogens with one attached hydrogen (secondary N) is 1. The van der Waals surface area contributed by atoms with Gasteiger partial charge in [0.25, 0.3) is 0 Å². The Labute approximate surface area is 158 Å². The molecule has 0 bridgehead atoms. The molecule has 1 N–H and O–H groups in total. The summed E-state index contributed by atoms with van der Waals surface area (Å²) < 4.78 is 13.9. The summed E-state index contributed by atoms with van der Waals surface area (Å²) in [5.41, 5.74) is 1.65. The van der Waals surface area contributed by atoms with Crippen LogP contribution in [0.25, 0.3) is 0 Å². The molecule has 6 heteroatoms. The molecule has 0 aliphatic carbocycles. The van der Waals surface area contributed by atoms with Crippen molar-refractivity contribution in [1.82, 2.24) is 10.2 Å². The molecule has 1 atom stereocenters. The van der Waals surface area contributed by atoms with Crippen LogP contribution in [0.3, 0.4) is 0 Å². The van der Waals surface area contributed by atoms with E-state index in [9.17, 15) is 9.18 Å². The molecule has 1 aliphatic heterocycles. The Hall–Kier alpha value is -2.11. The number of piperazine rings is 1. The largest absolute Gasteiger partial charge is 0.366 e. The Morgan fingerprint density at radius 3 is 2.58 bits per heavy atom. The van der Waals surface area contributed by atoms with Gasteiger partial charge >= 0.3 is 0 Å². The maximum Gasteiger partial charge on any atom is 0.236 e. The molecular formula is C20H23ClFN3O. The summed E-state index contributed by atoms with van der Waals surface area (Å²) in [6.07, 6.45) is 0. The van der Waals surface area contributed by atoms with Gasteiger partial charge in [0, 0.05) is 37.2 Å². The minimum atomic E-state index is -0.218. The number of nitrogens with zero attached hydrogens (tertiary/aromatic N) is 2. The summed E-state index contributed by atoms with van der Waals surface area (Å²) in [6.45, 7) is 4.75. The Balaban J connectivity index is 1.49. The Bertz CT molecular complexity index is 762. The first-order valence-electron chi connectivity index (χ1n) is 8.80. The van der Waals surface area contributed by atoms with Crippen molar-refractivity contribution in [2.75, 3.05) is 37.6 Å². The van der Waals surface area contributed by atoms with Gasteiger partial charge in [-0.15, -0.1) is 0 Å². The number of para-hydroxylation sites is 1. The van der Waals surface area contributed by atoms with E-state index in [4.69, 9.17) is 11.6 Å². The first-order chi connectivity index (χ1) is 12.5. The van der Waals surface area contributed by atoms with Crippen molar-refractivity contribution < 1.29 is 9.18 Å². The Morgan fingerprint density at radius 2 is 1.88 bits per heavy atom. The lowest BCUT2D eigenvalue weighted by atomic mass is 10.1. The number of hydrogen-bond acceptors (Lipinski definition) is 3. The zero-order valence-corrected chi connectivity index (χ0v) is 15.5. The maximum atomic E-state index is 13.9. The molecule has 1 amide bonds. The van der Waals surface area contributed by atoms with Crippen molar-refractivity contribution in [3.8, 4) is 0 Å². The molecule has 1 fully saturated rings. The van der Waals surface area contributed by atoms with Crippen LogP contribution in [0.5, 0.6) is 0 Å². The molecule has 1 heterocycles. The first kappa shape index (κ1) is 18.7. The van der Waals surface area contributed by atoms with Crippen molar-refractivity contribution >= 4 is 23.2 Å². The van der Waals surface area contributed by atoms with Gasteiger partial charge in [0.2, 0.25) is 5.91 Å². The maximum absolute atomic E-state index is 13.9. The summed E-state index contributed by atoms with van der Waals surface area (Å²) in [7, 11) is 0. The van der Waals surface area contributed by atoms with E-state index in [0.29, 0.717) is 36.9 Å². The summed E-state index contributed by atoms with van der Waals surface area (Å²) in [4.78, 5) is 16.3. The summed E-state index contributed by atoms with van der Waals surface area (Å²) in [6, 6.07) is 14.4. The molecule has 3 rings (SSSR count). The number of amides is 1. The second kappa shape index (κ2) is 8.52. The third-order valence-corrected chi connectivity index (χ3v) is 4.97. The van der Waals surface area contributed by atoms with Crippen LogP contribution in [0.2, 0.25) is 5.02 Å². The molecule has 2 aromatic rings. The molecule has 0 radical (unpaired) electrons. The topological polar surface area (TPSA) is 35.6 Å². The van der Waals surface area contributed by atoms with Crippen LogP contribution in [0.1, 0.15) is 18.5 Å². The van der Waals surface area contributed by atoms with E-state index in [0.717, 1.165) is 5.56 Å². The highest BCUT2D eigenvalue weighted by molar-refractivity contribution is 6.30. The second-order valence-corrected chi connectivity index (χ2v) is 6.91. The molecule has 0 aromatic heterocycles. The number of hydrogen-bond donors (Lipinski definition) is 1. The molecule has 1 aliphatic rings. The van der Waals surface area contributed by atoms with Gasteiger partial charge in [0.05, 0.1) is 12.2 Å². The average Bonchev–Trinajstić information content (AvgIpc) is 2.66. The minimum Gasteiger partial charge on any atom is -0.366 e. The van der Waals surface area contributed by atoms with Gasteiger partial charge in [0.1, 0.15) is 5.82 Å². The third kappa shape index (κ3) is 4.54. The normalized spacial score (nSPS) is 15.8. The van der Waals surface area contributed by atoms with E-state index < -0.39 is 0 Å². The zero-order valence-electron chi connectivity index (χ0n) is 14.8. The second-order valence-electron chi connectivity index (χ2n) is 6.48. The number of anilines is 1. The van der Waals surface area contributed by atoms with E-state index in [1.165, 1.54) is 6.07 Å². The van der Waals surface area contributed by atoms with E-state index in [-0.39, 0.29) is 24.3 Å². The van der Waals surface area contributed by atoms with Gasteiger partial charge in [-0.1, -0.05) is 35.9 Å². The number of rotatable bonds is 5. The van der Waals surface area contributed by atoms with Gasteiger partial charge in [-0.05, 0) is 36.8 Å². The van der Waals surface area contributed by atoms with Crippen molar-refractivity contribution in [1.29, 1.82) is 0 Å². The highest BCUT2D eigenvalue weighted by Gasteiger charge is 2.22. The Morgan fingerprint density at radius 1 is 1.15 bits per heavy atom. The molecule has 0 spiro atoms. The number of carbonyl (C=O) groups is 1. The highest BCUT2D eigenvalue weighted by atomic mass is 35.5. The summed E-state index contributed by atoms with van der Waals surface area (Å²) >= 11 is 6.01. The monoisotopic (exact) mass is 375 g/mol. The summed E-state index contributed by atoms with van der Waals surface area (Å²) in [5, 5.41) is 3.94. The fourth-order valence-corrected chi connectivity index (χ4v) is 3.35. The SMILES string of the molecule is C[C@@H](NCC(=O)N1CCN(c2ccccc2F)CC1)c1cccc(Cl)c1. The van der Waals surface area contributed by atoms with Crippen molar-refractivity contribution in [3.63, 3.8) is 0 Å². The van der Waals surface area contributed by atoms with Crippen molar-refractivity contribution in [3.05, 3.63) is 64.9 Å². The predicted molar refractivity (Wildman–Crippen MR) is 103 cm³/mol. The van der Waals surface area contributed by atoms with Crippen LogP contribution in [0, 0.1) is 5.82 Å². The van der Waals surface area contributed by atoms with Gasteiger partial charge in [-0.25, -0.2) is 4.39 Å². The molecule has 0 saturated carbocycles. The smallest absolute Gasteiger partial charge is 0.236 e. The number of halogens is 2. The third-order valence-electron chi connectivity index (χ3n) is 4.73. The Kier molecular flexibility index (Phi) is 6.12. The van der Waals surface area contributed by atoms with E-state index in [2.05, 4.69) is 5.32 Å². The van der Waals surface area contributed by atoms with E-state index in [1.807, 2.05) is 47.1 Å². The highest BCUT2D eigenvalue weighted by Crippen LogP contribution is 2.20. The quantitative estimate of drug-likeness (QED) is 0.869. The molecule has 138 valence electrons. The van der Waals surface area contributed by atoms with Crippen LogP contribution in [0.15, 0.2) is 48.5 Å². The molecule has 1 saturated heterocycles. The standard InChI is InChI=1S/C20H23ClFN3O/c1-15(16-5-4-6-17(21)13-16)23-14-20(26)25-11-9-24(10-12-25)19-8-3-2-7-18(19)22/h2-8,13,15,23H,9-12,14H2,1H3/t15-/m1/s1. The van der Waals surface area contributed by atoms with Crippen molar-refractivity contribution in [2.45, 2.75) is 13.0 Å². The molecular weight excluding hydrogens is 353 g/mol. The zero-order chi connectivity index (χ0) is 18.5. The van der Waals surface area contributed by atoms with E-state index >= 15 is 0 Å². The number of carbonyl (C=O) groups excluding carboxylic acids is 1. The molecule has 0 unspecified atom stereocenters. The van der Waals surface area contributed by atoms with Gasteiger partial charge in [0.15, 0.2) is 0 Å². The molecule has 2 aromatic carbocycles. The average molecular weight is 376 g/mol. The van der Waals surface area contributed by atoms with Crippen molar-refractivity contribution in [2.24, 2.45) is 0 Å². The molecule has 4 nitrogen and oxygen atoms in total. The van der Waals surface area contributed by atoms with E-state index in [1.54, 1.807) is 12.1 Å². The van der Waals surface area contributed by atoms with Crippen LogP contribution < -0.4 is 10.2 Å². The van der Waals surface area contributed by atoms with Crippen LogP contribution in [0.4, 0.5) is 10.1 Å². The first-order valence-corrected chi connectivity index (χ1v) is 9.18. The predicted octanol–water partition coefficient (Wildman–Crippen LogP) is 3.48. The fraction of sp³-hybridized carbons (Fsp3) is 0.350. The fourth-order valence-electron chi connectivity index (χ4n) is 3.15. The van der Waals surface area contributed by atoms with Gasteiger partial charge < -0.3 is 15.1 Å². The van der Waals surface area contributed by atoms with Crippen LogP contribution >= 0.6 is 11.6 Å². The van der Waals surface area contributed by atoms with Crippen LogP contribution in [-0.4, -0.2) is 43.5 Å². The van der Waals surface area contributed by atoms with Crippen LogP contribution in [-0.2, 0) is 4.79 Å².